The normalized spacial score (nSPS) is 10.3. The molecular weight excluding hydrogens is 232 g/mol. The first kappa shape index (κ1) is 8.44. The SMILES string of the molecule is COc1cc2ccc(Br)cc2nn1. The van der Waals surface area contributed by atoms with Crippen LogP contribution in [0, 0.1) is 0 Å². The van der Waals surface area contributed by atoms with E-state index in [0.29, 0.717) is 5.88 Å². The fourth-order valence-electron chi connectivity index (χ4n) is 1.09. The van der Waals surface area contributed by atoms with Gasteiger partial charge in [0.25, 0.3) is 0 Å². The van der Waals surface area contributed by atoms with E-state index in [2.05, 4.69) is 26.1 Å². The molecule has 0 fully saturated rings. The maximum atomic E-state index is 4.97. The Hall–Kier alpha value is -1.16. The zero-order chi connectivity index (χ0) is 9.26. The van der Waals surface area contributed by atoms with Crippen LogP contribution >= 0.6 is 15.9 Å². The van der Waals surface area contributed by atoms with Crippen molar-refractivity contribution in [2.75, 3.05) is 7.11 Å². The minimum Gasteiger partial charge on any atom is -0.480 e. The van der Waals surface area contributed by atoms with E-state index in [9.17, 15) is 0 Å². The van der Waals surface area contributed by atoms with Gasteiger partial charge in [-0.05, 0) is 12.1 Å². The van der Waals surface area contributed by atoms with Crippen molar-refractivity contribution in [1.29, 1.82) is 0 Å². The first-order valence-corrected chi connectivity index (χ1v) is 4.56. The third kappa shape index (κ3) is 1.62. The van der Waals surface area contributed by atoms with Gasteiger partial charge in [0, 0.05) is 15.9 Å². The molecule has 0 amide bonds. The highest BCUT2D eigenvalue weighted by Gasteiger charge is 1.99. The van der Waals surface area contributed by atoms with Crippen LogP contribution in [-0.4, -0.2) is 17.3 Å². The van der Waals surface area contributed by atoms with Gasteiger partial charge in [-0.2, -0.15) is 0 Å². The highest BCUT2D eigenvalue weighted by atomic mass is 79.9. The number of halogens is 1. The van der Waals surface area contributed by atoms with E-state index in [0.717, 1.165) is 15.4 Å². The van der Waals surface area contributed by atoms with E-state index in [-0.39, 0.29) is 0 Å². The molecule has 4 heteroatoms. The Kier molecular flexibility index (Phi) is 2.14. The van der Waals surface area contributed by atoms with Crippen LogP contribution < -0.4 is 4.74 Å². The first-order chi connectivity index (χ1) is 6.29. The van der Waals surface area contributed by atoms with E-state index in [1.807, 2.05) is 24.3 Å². The highest BCUT2D eigenvalue weighted by Crippen LogP contribution is 2.19. The molecule has 0 atom stereocenters. The van der Waals surface area contributed by atoms with Crippen LogP contribution in [0.3, 0.4) is 0 Å². The summed E-state index contributed by atoms with van der Waals surface area (Å²) >= 11 is 3.37. The fraction of sp³-hybridized carbons (Fsp3) is 0.111. The number of benzene rings is 1. The number of hydrogen-bond acceptors (Lipinski definition) is 3. The largest absolute Gasteiger partial charge is 0.480 e. The molecule has 1 aromatic heterocycles. The fourth-order valence-corrected chi connectivity index (χ4v) is 1.44. The molecule has 0 spiro atoms. The molecule has 1 aromatic carbocycles. The summed E-state index contributed by atoms with van der Waals surface area (Å²) < 4.78 is 5.97. The summed E-state index contributed by atoms with van der Waals surface area (Å²) in [4.78, 5) is 0. The second kappa shape index (κ2) is 3.30. The molecule has 0 aliphatic heterocycles. The summed E-state index contributed by atoms with van der Waals surface area (Å²) in [6.07, 6.45) is 0. The number of methoxy groups -OCH3 is 1. The summed E-state index contributed by atoms with van der Waals surface area (Å²) in [6, 6.07) is 7.70. The topological polar surface area (TPSA) is 35.0 Å². The van der Waals surface area contributed by atoms with Gasteiger partial charge in [0.15, 0.2) is 0 Å². The predicted octanol–water partition coefficient (Wildman–Crippen LogP) is 2.40. The van der Waals surface area contributed by atoms with Crippen LogP contribution in [0.15, 0.2) is 28.7 Å². The molecule has 3 nitrogen and oxygen atoms in total. The molecule has 0 saturated carbocycles. The first-order valence-electron chi connectivity index (χ1n) is 3.76. The molecule has 0 radical (unpaired) electrons. The Labute approximate surface area is 83.9 Å². The molecule has 66 valence electrons. The van der Waals surface area contributed by atoms with Gasteiger partial charge in [-0.3, -0.25) is 0 Å². The molecule has 1 heterocycles. The van der Waals surface area contributed by atoms with E-state index in [4.69, 9.17) is 4.74 Å². The third-order valence-electron chi connectivity index (χ3n) is 1.74. The number of aromatic nitrogens is 2. The van der Waals surface area contributed by atoms with E-state index in [1.54, 1.807) is 7.11 Å². The summed E-state index contributed by atoms with van der Waals surface area (Å²) in [5.74, 6) is 0.537. The quantitative estimate of drug-likeness (QED) is 0.766. The maximum absolute atomic E-state index is 4.97. The standard InChI is InChI=1S/C9H7BrN2O/c1-13-9-4-6-2-3-7(10)5-8(6)11-12-9/h2-5H,1H3. The van der Waals surface area contributed by atoms with Crippen molar-refractivity contribution >= 4 is 26.8 Å². The van der Waals surface area contributed by atoms with Crippen LogP contribution in [0.1, 0.15) is 0 Å². The summed E-state index contributed by atoms with van der Waals surface area (Å²) in [5, 5.41) is 8.90. The van der Waals surface area contributed by atoms with Gasteiger partial charge in [-0.1, -0.05) is 22.0 Å². The lowest BCUT2D eigenvalue weighted by molar-refractivity contribution is 0.393. The van der Waals surface area contributed by atoms with Gasteiger partial charge >= 0.3 is 0 Å². The van der Waals surface area contributed by atoms with Crippen molar-refractivity contribution in [3.8, 4) is 5.88 Å². The number of hydrogen-bond donors (Lipinski definition) is 0. The van der Waals surface area contributed by atoms with Gasteiger partial charge in [-0.25, -0.2) is 0 Å². The molecule has 0 aliphatic carbocycles. The molecule has 2 aromatic rings. The van der Waals surface area contributed by atoms with E-state index in [1.165, 1.54) is 0 Å². The highest BCUT2D eigenvalue weighted by molar-refractivity contribution is 9.10. The van der Waals surface area contributed by atoms with Crippen molar-refractivity contribution in [3.05, 3.63) is 28.7 Å². The van der Waals surface area contributed by atoms with Gasteiger partial charge in [0.2, 0.25) is 5.88 Å². The summed E-state index contributed by atoms with van der Waals surface area (Å²) in [7, 11) is 1.58. The maximum Gasteiger partial charge on any atom is 0.233 e. The molecule has 0 bridgehead atoms. The monoisotopic (exact) mass is 238 g/mol. The average molecular weight is 239 g/mol. The Morgan fingerprint density at radius 1 is 1.23 bits per heavy atom. The van der Waals surface area contributed by atoms with Crippen molar-refractivity contribution in [2.45, 2.75) is 0 Å². The zero-order valence-electron chi connectivity index (χ0n) is 6.99. The Bertz CT molecular complexity index is 445. The Morgan fingerprint density at radius 2 is 2.08 bits per heavy atom. The predicted molar refractivity (Wildman–Crippen MR) is 53.8 cm³/mol. The van der Waals surface area contributed by atoms with E-state index >= 15 is 0 Å². The molecule has 0 N–H and O–H groups in total. The van der Waals surface area contributed by atoms with Gasteiger partial charge < -0.3 is 4.74 Å². The molecular formula is C9H7BrN2O. The van der Waals surface area contributed by atoms with Crippen molar-refractivity contribution in [3.63, 3.8) is 0 Å². The average Bonchev–Trinajstić information content (AvgIpc) is 2.17. The zero-order valence-corrected chi connectivity index (χ0v) is 8.58. The van der Waals surface area contributed by atoms with Crippen LogP contribution in [0.2, 0.25) is 0 Å². The number of ether oxygens (including phenoxy) is 1. The second-order valence-corrected chi connectivity index (χ2v) is 3.51. The van der Waals surface area contributed by atoms with Crippen molar-refractivity contribution in [2.24, 2.45) is 0 Å². The van der Waals surface area contributed by atoms with Crippen LogP contribution in [0.4, 0.5) is 0 Å². The molecule has 2 rings (SSSR count). The minimum absolute atomic E-state index is 0.537. The van der Waals surface area contributed by atoms with Crippen LogP contribution in [0.25, 0.3) is 10.9 Å². The van der Waals surface area contributed by atoms with Crippen LogP contribution in [0.5, 0.6) is 5.88 Å². The lowest BCUT2D eigenvalue weighted by atomic mass is 10.2. The smallest absolute Gasteiger partial charge is 0.233 e. The van der Waals surface area contributed by atoms with Gasteiger partial charge in [-0.15, -0.1) is 10.2 Å². The number of fused-ring (bicyclic) bond motifs is 1. The molecule has 0 aliphatic rings. The van der Waals surface area contributed by atoms with Crippen molar-refractivity contribution < 1.29 is 4.74 Å². The molecule has 0 saturated heterocycles. The summed E-state index contributed by atoms with van der Waals surface area (Å²) in [6.45, 7) is 0. The Balaban J connectivity index is 2.66. The van der Waals surface area contributed by atoms with Gasteiger partial charge in [0.05, 0.1) is 12.6 Å². The van der Waals surface area contributed by atoms with Gasteiger partial charge in [0.1, 0.15) is 0 Å². The summed E-state index contributed by atoms with van der Waals surface area (Å²) in [5.41, 5.74) is 0.857. The third-order valence-corrected chi connectivity index (χ3v) is 2.23. The number of rotatable bonds is 1. The minimum atomic E-state index is 0.537. The number of nitrogens with zero attached hydrogens (tertiary/aromatic N) is 2. The Morgan fingerprint density at radius 3 is 2.85 bits per heavy atom. The van der Waals surface area contributed by atoms with E-state index < -0.39 is 0 Å². The lowest BCUT2D eigenvalue weighted by Gasteiger charge is -1.99. The second-order valence-electron chi connectivity index (χ2n) is 2.59. The molecule has 13 heavy (non-hydrogen) atoms. The lowest BCUT2D eigenvalue weighted by Crippen LogP contribution is -1.90. The molecule has 0 unspecified atom stereocenters. The van der Waals surface area contributed by atoms with Crippen molar-refractivity contribution in [1.82, 2.24) is 10.2 Å². The van der Waals surface area contributed by atoms with Crippen LogP contribution in [-0.2, 0) is 0 Å².